The summed E-state index contributed by atoms with van der Waals surface area (Å²) in [5.41, 5.74) is 5.87. The van der Waals surface area contributed by atoms with Crippen molar-refractivity contribution in [2.45, 2.75) is 82.7 Å². The summed E-state index contributed by atoms with van der Waals surface area (Å²) < 4.78 is 5.59. The second kappa shape index (κ2) is 10.5. The van der Waals surface area contributed by atoms with Crippen LogP contribution in [0.15, 0.2) is 23.4 Å². The number of aliphatic hydroxyl groups is 1. The quantitative estimate of drug-likeness (QED) is 0.206. The fraction of sp³-hybridized carbons (Fsp3) is 0.613. The molecule has 1 atom stereocenters. The molecule has 4 N–H and O–H groups in total. The predicted octanol–water partition coefficient (Wildman–Crippen LogP) is 4.84. The molecule has 1 saturated heterocycles. The van der Waals surface area contributed by atoms with E-state index in [1.54, 1.807) is 6.07 Å². The van der Waals surface area contributed by atoms with E-state index >= 15 is 0 Å². The van der Waals surface area contributed by atoms with Gasteiger partial charge in [0.2, 0.25) is 0 Å². The summed E-state index contributed by atoms with van der Waals surface area (Å²) in [6, 6.07) is 5.71. The number of hydrogen-bond acceptors (Lipinski definition) is 8. The Morgan fingerprint density at radius 3 is 2.31 bits per heavy atom. The summed E-state index contributed by atoms with van der Waals surface area (Å²) in [5, 5.41) is 38.2. The Kier molecular flexibility index (Phi) is 7.52. The summed E-state index contributed by atoms with van der Waals surface area (Å²) >= 11 is 0. The average Bonchev–Trinajstić information content (AvgIpc) is 3.25. The molecular formula is C31H43N3O5. The lowest BCUT2D eigenvalue weighted by Gasteiger charge is -2.35. The first kappa shape index (κ1) is 28.0. The van der Waals surface area contributed by atoms with Crippen molar-refractivity contribution in [2.24, 2.45) is 5.18 Å². The van der Waals surface area contributed by atoms with Crippen molar-refractivity contribution in [3.8, 4) is 11.5 Å². The molecule has 0 amide bonds. The number of nitroso groups, excluding NO2 is 1. The van der Waals surface area contributed by atoms with Crippen LogP contribution in [0, 0.1) is 4.91 Å². The number of hydrogen-bond donors (Lipinski definition) is 4. The van der Waals surface area contributed by atoms with Crippen LogP contribution in [0.25, 0.3) is 0 Å². The maximum absolute atomic E-state index is 12.2. The molecule has 8 heteroatoms. The van der Waals surface area contributed by atoms with Crippen molar-refractivity contribution in [1.29, 1.82) is 0 Å². The zero-order valence-corrected chi connectivity index (χ0v) is 23.8. The number of phenolic OH excluding ortho intramolecular Hbond substituents is 2. The average molecular weight is 538 g/mol. The van der Waals surface area contributed by atoms with Gasteiger partial charge in [-0.05, 0) is 88.2 Å². The maximum Gasteiger partial charge on any atom is 0.162 e. The van der Waals surface area contributed by atoms with Crippen LogP contribution >= 0.6 is 0 Å². The van der Waals surface area contributed by atoms with Crippen LogP contribution in [0.3, 0.4) is 0 Å². The summed E-state index contributed by atoms with van der Waals surface area (Å²) in [6.45, 7) is 13.8. The van der Waals surface area contributed by atoms with Gasteiger partial charge in [0.05, 0.1) is 13.2 Å². The van der Waals surface area contributed by atoms with E-state index in [4.69, 9.17) is 4.74 Å². The van der Waals surface area contributed by atoms with Gasteiger partial charge < -0.3 is 25.4 Å². The number of aliphatic hydroxyl groups excluding tert-OH is 1. The van der Waals surface area contributed by atoms with Crippen molar-refractivity contribution in [1.82, 2.24) is 10.2 Å². The largest absolute Gasteiger partial charge is 0.504 e. The zero-order valence-electron chi connectivity index (χ0n) is 23.8. The first-order valence-corrected chi connectivity index (χ1v) is 14.3. The monoisotopic (exact) mass is 537 g/mol. The second-order valence-corrected chi connectivity index (χ2v) is 12.9. The minimum absolute atomic E-state index is 0.0777. The van der Waals surface area contributed by atoms with Gasteiger partial charge in [0.1, 0.15) is 5.69 Å². The Bertz CT molecular complexity index is 1250. The maximum atomic E-state index is 12.2. The number of nitrogens with zero attached hydrogens (tertiary/aromatic N) is 2. The van der Waals surface area contributed by atoms with Gasteiger partial charge in [0, 0.05) is 43.8 Å². The molecule has 1 heterocycles. The number of fused-ring (bicyclic) bond motifs is 4. The smallest absolute Gasteiger partial charge is 0.162 e. The van der Waals surface area contributed by atoms with E-state index in [9.17, 15) is 20.2 Å². The Morgan fingerprint density at radius 2 is 1.64 bits per heavy atom. The molecule has 0 bridgehead atoms. The first-order valence-electron chi connectivity index (χ1n) is 14.3. The predicted molar refractivity (Wildman–Crippen MR) is 152 cm³/mol. The SMILES string of the molecule is CC1(C)CC2(CC(C)(C)c3cc(O)c(O)c(CNCCCCO)c32)c2c1ccc(N=O)c2CN1CCOCC1. The molecule has 1 aliphatic heterocycles. The number of nitrogens with one attached hydrogen (secondary N) is 1. The van der Waals surface area contributed by atoms with Gasteiger partial charge >= 0.3 is 0 Å². The number of aromatic hydroxyl groups is 2. The van der Waals surface area contributed by atoms with Gasteiger partial charge in [-0.2, -0.15) is 0 Å². The number of morpholine rings is 1. The van der Waals surface area contributed by atoms with E-state index in [0.29, 0.717) is 45.0 Å². The van der Waals surface area contributed by atoms with Crippen LogP contribution in [-0.4, -0.2) is 59.7 Å². The third-order valence-electron chi connectivity index (χ3n) is 9.22. The van der Waals surface area contributed by atoms with Crippen molar-refractivity contribution in [3.63, 3.8) is 0 Å². The Hall–Kier alpha value is -2.52. The summed E-state index contributed by atoms with van der Waals surface area (Å²) in [6.07, 6.45) is 3.18. The number of ether oxygens (including phenoxy) is 1. The molecule has 0 radical (unpaired) electrons. The summed E-state index contributed by atoms with van der Waals surface area (Å²) in [7, 11) is 0. The van der Waals surface area contributed by atoms with Crippen molar-refractivity contribution >= 4 is 5.69 Å². The fourth-order valence-corrected chi connectivity index (χ4v) is 7.76. The van der Waals surface area contributed by atoms with Gasteiger partial charge in [-0.3, -0.25) is 4.90 Å². The topological polar surface area (TPSA) is 115 Å². The minimum atomic E-state index is -0.437. The minimum Gasteiger partial charge on any atom is -0.504 e. The van der Waals surface area contributed by atoms with Gasteiger partial charge in [-0.25, -0.2) is 0 Å². The molecule has 1 fully saturated rings. The van der Waals surface area contributed by atoms with Crippen molar-refractivity contribution in [3.05, 3.63) is 56.5 Å². The molecule has 5 rings (SSSR count). The molecule has 1 spiro atoms. The Balaban J connectivity index is 1.72. The molecule has 39 heavy (non-hydrogen) atoms. The van der Waals surface area contributed by atoms with Crippen molar-refractivity contribution in [2.75, 3.05) is 39.5 Å². The molecule has 0 saturated carbocycles. The first-order chi connectivity index (χ1) is 18.6. The van der Waals surface area contributed by atoms with E-state index in [0.717, 1.165) is 54.6 Å². The van der Waals surface area contributed by atoms with E-state index in [-0.39, 0.29) is 28.9 Å². The van der Waals surface area contributed by atoms with Crippen LogP contribution in [0.2, 0.25) is 0 Å². The van der Waals surface area contributed by atoms with E-state index < -0.39 is 5.41 Å². The Labute approximate surface area is 231 Å². The molecule has 2 aliphatic carbocycles. The highest BCUT2D eigenvalue weighted by molar-refractivity contribution is 5.70. The molecule has 212 valence electrons. The van der Waals surface area contributed by atoms with E-state index in [1.165, 1.54) is 11.1 Å². The molecule has 0 aromatic heterocycles. The fourth-order valence-electron chi connectivity index (χ4n) is 7.76. The summed E-state index contributed by atoms with van der Waals surface area (Å²) in [5.74, 6) is -0.175. The van der Waals surface area contributed by atoms with Gasteiger partial charge in [0.25, 0.3) is 0 Å². The number of phenols is 2. The number of rotatable bonds is 9. The highest BCUT2D eigenvalue weighted by Crippen LogP contribution is 2.66. The number of unbranched alkanes of at least 4 members (excludes halogenated alkanes) is 1. The van der Waals surface area contributed by atoms with Crippen LogP contribution in [0.1, 0.15) is 86.8 Å². The summed E-state index contributed by atoms with van der Waals surface area (Å²) in [4.78, 5) is 14.5. The molecular weight excluding hydrogens is 494 g/mol. The third-order valence-corrected chi connectivity index (χ3v) is 9.22. The van der Waals surface area contributed by atoms with Crippen molar-refractivity contribution < 1.29 is 20.1 Å². The normalized spacial score (nSPS) is 23.2. The lowest BCUT2D eigenvalue weighted by molar-refractivity contribution is 0.0340. The number of benzene rings is 2. The lowest BCUT2D eigenvalue weighted by Crippen LogP contribution is -2.37. The lowest BCUT2D eigenvalue weighted by atomic mass is 9.70. The standard InChI is InChI=1S/C31H43N3O5/c1-29(2)18-31(27-21(17-34-10-13-39-14-11-34)24(33-38)8-7-22(27)29)19-30(3,4)23-15-25(36)28(37)20(26(23)31)16-32-9-5-6-12-35/h7-8,15,32,35-37H,5-6,9-14,16-19H2,1-4H3. The molecule has 8 nitrogen and oxygen atoms in total. The van der Waals surface area contributed by atoms with E-state index in [2.05, 4.69) is 49.2 Å². The molecule has 3 aliphatic rings. The van der Waals surface area contributed by atoms with Crippen LogP contribution in [-0.2, 0) is 34.1 Å². The highest BCUT2D eigenvalue weighted by Gasteiger charge is 2.58. The Morgan fingerprint density at radius 1 is 0.974 bits per heavy atom. The van der Waals surface area contributed by atoms with Gasteiger partial charge in [0.15, 0.2) is 11.5 Å². The third kappa shape index (κ3) is 4.75. The van der Waals surface area contributed by atoms with Crippen LogP contribution in [0.5, 0.6) is 11.5 Å². The second-order valence-electron chi connectivity index (χ2n) is 12.9. The van der Waals surface area contributed by atoms with Gasteiger partial charge in [-0.15, -0.1) is 4.91 Å². The van der Waals surface area contributed by atoms with Crippen LogP contribution < -0.4 is 5.32 Å². The van der Waals surface area contributed by atoms with E-state index in [1.807, 2.05) is 6.07 Å². The molecule has 2 aromatic carbocycles. The van der Waals surface area contributed by atoms with Gasteiger partial charge in [-0.1, -0.05) is 33.8 Å². The molecule has 2 aromatic rings. The highest BCUT2D eigenvalue weighted by atomic mass is 16.5. The molecule has 1 unspecified atom stereocenters. The van der Waals surface area contributed by atoms with Crippen LogP contribution in [0.4, 0.5) is 5.69 Å². The zero-order chi connectivity index (χ0) is 28.0.